The van der Waals surface area contributed by atoms with Crippen LogP contribution in [0.1, 0.15) is 15.2 Å². The largest absolute Gasteiger partial charge is 0.330 e. The number of thiophene rings is 1. The zero-order valence-electron chi connectivity index (χ0n) is 14.4. The fraction of sp³-hybridized carbons (Fsp3) is 0.235. The summed E-state index contributed by atoms with van der Waals surface area (Å²) in [5.41, 5.74) is 0.218. The molecule has 0 aliphatic heterocycles. The second kappa shape index (κ2) is 8.79. The van der Waals surface area contributed by atoms with Crippen LogP contribution in [-0.4, -0.2) is 44.4 Å². The van der Waals surface area contributed by atoms with E-state index < -0.39 is 10.0 Å². The number of hydrogen-bond acceptors (Lipinski definition) is 5. The summed E-state index contributed by atoms with van der Waals surface area (Å²) in [7, 11) is -1.49. The van der Waals surface area contributed by atoms with Gasteiger partial charge in [-0.3, -0.25) is 9.63 Å². The van der Waals surface area contributed by atoms with Crippen molar-refractivity contribution in [3.63, 3.8) is 0 Å². The van der Waals surface area contributed by atoms with Crippen LogP contribution in [0.3, 0.4) is 0 Å². The molecule has 0 radical (unpaired) electrons. The fourth-order valence-electron chi connectivity index (χ4n) is 2.22. The van der Waals surface area contributed by atoms with E-state index >= 15 is 0 Å². The number of carbonyl (C=O) groups excluding carboxylic acids is 1. The van der Waals surface area contributed by atoms with Crippen LogP contribution in [0, 0.1) is 0 Å². The number of rotatable bonds is 8. The molecular formula is C17H19ClN2O4S2. The lowest BCUT2D eigenvalue weighted by Gasteiger charge is -2.21. The maximum Gasteiger partial charge on any atom is 0.266 e. The summed E-state index contributed by atoms with van der Waals surface area (Å²) in [6, 6.07) is 7.99. The lowest BCUT2D eigenvalue weighted by Crippen LogP contribution is -2.31. The highest BCUT2D eigenvalue weighted by Crippen LogP contribution is 2.26. The molecule has 0 unspecified atom stereocenters. The Labute approximate surface area is 162 Å². The van der Waals surface area contributed by atoms with Gasteiger partial charge in [0.25, 0.3) is 15.9 Å². The van der Waals surface area contributed by atoms with Gasteiger partial charge >= 0.3 is 0 Å². The van der Waals surface area contributed by atoms with Gasteiger partial charge in [-0.2, -0.15) is 0 Å². The van der Waals surface area contributed by atoms with E-state index in [0.717, 1.165) is 4.88 Å². The van der Waals surface area contributed by atoms with Crippen LogP contribution in [-0.2, 0) is 21.4 Å². The molecule has 1 aromatic carbocycles. The van der Waals surface area contributed by atoms with E-state index in [1.54, 1.807) is 11.0 Å². The Morgan fingerprint density at radius 3 is 2.69 bits per heavy atom. The quantitative estimate of drug-likeness (QED) is 0.490. The Hall–Kier alpha value is -1.71. The number of nitrogens with zero attached hydrogens (tertiary/aromatic N) is 2. The minimum Gasteiger partial charge on any atom is -0.330 e. The molecule has 2 rings (SSSR count). The maximum atomic E-state index is 12.9. The van der Waals surface area contributed by atoms with Gasteiger partial charge in [-0.25, -0.2) is 8.42 Å². The van der Waals surface area contributed by atoms with Crippen molar-refractivity contribution in [1.82, 2.24) is 9.37 Å². The van der Waals surface area contributed by atoms with Crippen molar-refractivity contribution >= 4 is 38.9 Å². The van der Waals surface area contributed by atoms with Gasteiger partial charge in [0, 0.05) is 24.0 Å². The number of hydrogen-bond donors (Lipinski definition) is 0. The average molecular weight is 415 g/mol. The Morgan fingerprint density at radius 2 is 2.12 bits per heavy atom. The van der Waals surface area contributed by atoms with Gasteiger partial charge in [-0.05, 0) is 29.6 Å². The van der Waals surface area contributed by atoms with Crippen molar-refractivity contribution in [2.75, 3.05) is 20.7 Å². The van der Waals surface area contributed by atoms with Crippen LogP contribution in [0.5, 0.6) is 0 Å². The fourth-order valence-corrected chi connectivity index (χ4v) is 4.41. The maximum absolute atomic E-state index is 12.9. The molecule has 140 valence electrons. The lowest BCUT2D eigenvalue weighted by atomic mass is 10.2. The Balaban J connectivity index is 2.39. The van der Waals surface area contributed by atoms with Crippen molar-refractivity contribution in [2.24, 2.45) is 0 Å². The third-order valence-corrected chi connectivity index (χ3v) is 6.64. The normalized spacial score (nSPS) is 11.5. The Kier molecular flexibility index (Phi) is 6.96. The second-order valence-corrected chi connectivity index (χ2v) is 8.64. The van der Waals surface area contributed by atoms with Gasteiger partial charge in [0.1, 0.15) is 4.90 Å². The Bertz CT molecular complexity index is 882. The molecule has 0 bridgehead atoms. The van der Waals surface area contributed by atoms with E-state index in [1.807, 2.05) is 17.5 Å². The molecule has 1 heterocycles. The molecule has 0 fully saturated rings. The van der Waals surface area contributed by atoms with E-state index in [9.17, 15) is 13.2 Å². The first-order chi connectivity index (χ1) is 12.3. The van der Waals surface area contributed by atoms with Gasteiger partial charge < -0.3 is 4.90 Å². The number of amides is 1. The van der Waals surface area contributed by atoms with E-state index in [-0.39, 0.29) is 21.4 Å². The molecular weight excluding hydrogens is 396 g/mol. The van der Waals surface area contributed by atoms with E-state index in [1.165, 1.54) is 43.7 Å². The third-order valence-electron chi connectivity index (χ3n) is 3.62. The van der Waals surface area contributed by atoms with Gasteiger partial charge in [-0.15, -0.1) is 17.9 Å². The summed E-state index contributed by atoms with van der Waals surface area (Å²) in [5, 5.41) is 1.94. The molecule has 0 atom stereocenters. The van der Waals surface area contributed by atoms with Crippen LogP contribution in [0.25, 0.3) is 0 Å². The van der Waals surface area contributed by atoms with Crippen molar-refractivity contribution in [3.8, 4) is 0 Å². The predicted molar refractivity (Wildman–Crippen MR) is 103 cm³/mol. The monoisotopic (exact) mass is 414 g/mol. The molecule has 1 amide bonds. The molecule has 0 saturated heterocycles. The molecule has 1 aromatic heterocycles. The van der Waals surface area contributed by atoms with Gasteiger partial charge in [0.2, 0.25) is 0 Å². The number of hydroxylamine groups is 1. The molecule has 6 nitrogen and oxygen atoms in total. The summed E-state index contributed by atoms with van der Waals surface area (Å²) in [5.74, 6) is -0.313. The molecule has 0 N–H and O–H groups in total. The third kappa shape index (κ3) is 4.52. The number of halogens is 1. The van der Waals surface area contributed by atoms with Crippen LogP contribution < -0.4 is 0 Å². The highest BCUT2D eigenvalue weighted by atomic mass is 35.5. The van der Waals surface area contributed by atoms with E-state index in [4.69, 9.17) is 16.4 Å². The van der Waals surface area contributed by atoms with Crippen molar-refractivity contribution in [3.05, 3.63) is 63.8 Å². The topological polar surface area (TPSA) is 66.9 Å². The summed E-state index contributed by atoms with van der Waals surface area (Å²) >= 11 is 7.58. The zero-order valence-corrected chi connectivity index (χ0v) is 16.8. The standard InChI is InChI=1S/C17H19ClN2O4S2/c1-4-9-20(12-14-6-5-10-25-14)17(21)13-7-8-15(18)16(11-13)26(22,23)19(2)24-3/h4-8,10-11H,1,9,12H2,2-3H3. The molecule has 26 heavy (non-hydrogen) atoms. The summed E-state index contributed by atoms with van der Waals surface area (Å²) in [6.45, 7) is 4.42. The minimum atomic E-state index is -3.97. The van der Waals surface area contributed by atoms with Crippen LogP contribution in [0.4, 0.5) is 0 Å². The first-order valence-electron chi connectivity index (χ1n) is 7.56. The summed E-state index contributed by atoms with van der Waals surface area (Å²) < 4.78 is 25.7. The van der Waals surface area contributed by atoms with Gasteiger partial charge in [-0.1, -0.05) is 28.2 Å². The lowest BCUT2D eigenvalue weighted by molar-refractivity contribution is -0.0258. The molecule has 9 heteroatoms. The first-order valence-corrected chi connectivity index (χ1v) is 10.3. The molecule has 0 aliphatic rings. The SMILES string of the molecule is C=CCN(Cc1cccs1)C(=O)c1ccc(Cl)c(S(=O)(=O)N(C)OC)c1. The summed E-state index contributed by atoms with van der Waals surface area (Å²) in [4.78, 5) is 20.1. The minimum absolute atomic E-state index is 0.0129. The summed E-state index contributed by atoms with van der Waals surface area (Å²) in [6.07, 6.45) is 1.62. The smallest absolute Gasteiger partial charge is 0.266 e. The predicted octanol–water partition coefficient (Wildman–Crippen LogP) is 3.41. The number of benzene rings is 1. The van der Waals surface area contributed by atoms with Gasteiger partial charge in [0.15, 0.2) is 0 Å². The molecule has 0 spiro atoms. The highest BCUT2D eigenvalue weighted by Gasteiger charge is 2.26. The second-order valence-electron chi connectivity index (χ2n) is 5.30. The van der Waals surface area contributed by atoms with Crippen LogP contribution >= 0.6 is 22.9 Å². The highest BCUT2D eigenvalue weighted by molar-refractivity contribution is 7.89. The average Bonchev–Trinajstić information content (AvgIpc) is 3.13. The van der Waals surface area contributed by atoms with Crippen molar-refractivity contribution in [1.29, 1.82) is 0 Å². The number of carbonyl (C=O) groups is 1. The van der Waals surface area contributed by atoms with Crippen molar-refractivity contribution in [2.45, 2.75) is 11.4 Å². The van der Waals surface area contributed by atoms with Crippen LogP contribution in [0.15, 0.2) is 53.3 Å². The molecule has 0 saturated carbocycles. The van der Waals surface area contributed by atoms with E-state index in [2.05, 4.69) is 6.58 Å². The zero-order chi connectivity index (χ0) is 19.3. The van der Waals surface area contributed by atoms with Crippen molar-refractivity contribution < 1.29 is 18.0 Å². The first kappa shape index (κ1) is 20.6. The van der Waals surface area contributed by atoms with Crippen LogP contribution in [0.2, 0.25) is 5.02 Å². The van der Waals surface area contributed by atoms with E-state index in [0.29, 0.717) is 17.6 Å². The molecule has 2 aromatic rings. The van der Waals surface area contributed by atoms with Gasteiger partial charge in [0.05, 0.1) is 18.7 Å². The Morgan fingerprint density at radius 1 is 1.38 bits per heavy atom. The molecule has 0 aliphatic carbocycles. The number of sulfonamides is 1.